The van der Waals surface area contributed by atoms with Crippen LogP contribution in [0.4, 0.5) is 0 Å². The van der Waals surface area contributed by atoms with E-state index in [9.17, 15) is 4.79 Å². The van der Waals surface area contributed by atoms with Crippen LogP contribution in [0, 0.1) is 0 Å². The minimum Gasteiger partial charge on any atom is -0.274 e. The van der Waals surface area contributed by atoms with E-state index in [1.165, 1.54) is 19.1 Å². The van der Waals surface area contributed by atoms with E-state index in [-0.39, 0.29) is 20.8 Å². The molecule has 1 N–H and O–H groups in total. The van der Waals surface area contributed by atoms with E-state index < -0.39 is 0 Å². The fourth-order valence-electron chi connectivity index (χ4n) is 0.468. The SMILES string of the molecule is C.C.CC(=O)NN=C(C)C.CCSSC(C)(C)CC. The summed E-state index contributed by atoms with van der Waals surface area (Å²) in [4.78, 5) is 10.1. The van der Waals surface area contributed by atoms with Gasteiger partial charge in [-0.2, -0.15) is 5.10 Å². The first-order valence-corrected chi connectivity index (χ1v) is 8.15. The Kier molecular flexibility index (Phi) is 22.8. The maximum atomic E-state index is 10.1. The molecule has 0 aliphatic rings. The van der Waals surface area contributed by atoms with E-state index in [0.29, 0.717) is 4.75 Å². The molecule has 0 saturated heterocycles. The maximum Gasteiger partial charge on any atom is 0.236 e. The number of nitrogens with zero attached hydrogens (tertiary/aromatic N) is 1. The molecule has 0 atom stereocenters. The first-order valence-electron chi connectivity index (χ1n) is 5.83. The van der Waals surface area contributed by atoms with Gasteiger partial charge >= 0.3 is 0 Å². The Balaban J connectivity index is -0.000000108. The number of hydrazone groups is 1. The summed E-state index contributed by atoms with van der Waals surface area (Å²) >= 11 is 0. The van der Waals surface area contributed by atoms with Gasteiger partial charge in [0.15, 0.2) is 0 Å². The van der Waals surface area contributed by atoms with E-state index >= 15 is 0 Å². The van der Waals surface area contributed by atoms with Gasteiger partial charge in [0.25, 0.3) is 0 Å². The van der Waals surface area contributed by atoms with Crippen molar-refractivity contribution in [1.29, 1.82) is 0 Å². The monoisotopic (exact) mass is 310 g/mol. The van der Waals surface area contributed by atoms with Crippen molar-refractivity contribution in [2.45, 2.75) is 74.5 Å². The first kappa shape index (κ1) is 27.2. The summed E-state index contributed by atoms with van der Waals surface area (Å²) in [7, 11) is 3.95. The predicted octanol–water partition coefficient (Wildman–Crippen LogP) is 5.37. The van der Waals surface area contributed by atoms with Crippen LogP contribution < -0.4 is 5.43 Å². The van der Waals surface area contributed by atoms with Gasteiger partial charge in [-0.1, -0.05) is 50.3 Å². The lowest BCUT2D eigenvalue weighted by atomic mass is 10.1. The van der Waals surface area contributed by atoms with Crippen molar-refractivity contribution >= 4 is 33.2 Å². The molecule has 0 radical (unpaired) electrons. The molecule has 118 valence electrons. The normalized spacial score (nSPS) is 9.00. The molecule has 5 heteroatoms. The molecule has 0 spiro atoms. The van der Waals surface area contributed by atoms with Gasteiger partial charge in [-0.05, 0) is 34.1 Å². The second kappa shape index (κ2) is 15.9. The lowest BCUT2D eigenvalue weighted by molar-refractivity contribution is -0.118. The zero-order valence-corrected chi connectivity index (χ0v) is 13.7. The summed E-state index contributed by atoms with van der Waals surface area (Å²) in [6.07, 6.45) is 1.25. The number of hydrogen-bond acceptors (Lipinski definition) is 4. The average molecular weight is 311 g/mol. The Labute approximate surface area is 129 Å². The summed E-state index contributed by atoms with van der Waals surface area (Å²) in [6.45, 7) is 14.1. The van der Waals surface area contributed by atoms with E-state index in [4.69, 9.17) is 0 Å². The van der Waals surface area contributed by atoms with Gasteiger partial charge < -0.3 is 0 Å². The predicted molar refractivity (Wildman–Crippen MR) is 96.2 cm³/mol. The fourth-order valence-corrected chi connectivity index (χ4v) is 2.69. The molecule has 0 heterocycles. The molecule has 0 aliphatic heterocycles. The average Bonchev–Trinajstić information content (AvgIpc) is 2.24. The molecule has 0 saturated carbocycles. The van der Waals surface area contributed by atoms with Crippen molar-refractivity contribution in [3.8, 4) is 0 Å². The van der Waals surface area contributed by atoms with Crippen LogP contribution in [0.15, 0.2) is 5.10 Å². The molecule has 0 aromatic heterocycles. The van der Waals surface area contributed by atoms with Gasteiger partial charge in [-0.15, -0.1) is 0 Å². The zero-order valence-electron chi connectivity index (χ0n) is 12.1. The van der Waals surface area contributed by atoms with Crippen molar-refractivity contribution in [3.05, 3.63) is 0 Å². The van der Waals surface area contributed by atoms with Crippen LogP contribution in [0.3, 0.4) is 0 Å². The molecule has 1 amide bonds. The zero-order chi connectivity index (χ0) is 13.9. The molecular weight excluding hydrogens is 276 g/mol. The summed E-state index contributed by atoms with van der Waals surface area (Å²) in [6, 6.07) is 0. The van der Waals surface area contributed by atoms with Crippen molar-refractivity contribution in [3.63, 3.8) is 0 Å². The molecule has 3 nitrogen and oxygen atoms in total. The Morgan fingerprint density at radius 1 is 1.16 bits per heavy atom. The van der Waals surface area contributed by atoms with Crippen molar-refractivity contribution in [1.82, 2.24) is 5.43 Å². The summed E-state index contributed by atoms with van der Waals surface area (Å²) < 4.78 is 0.473. The molecule has 0 aromatic carbocycles. The number of carbonyl (C=O) groups is 1. The molecule has 0 bridgehead atoms. The standard InChI is InChI=1S/C7H16S2.C5H10N2O.2CH4/c1-5-7(3,4)9-8-6-2;1-4(2)6-7-5(3)8;;/h5-6H2,1-4H3;1-3H3,(H,7,8);2*1H4. The third-order valence-corrected chi connectivity index (χ3v) is 5.20. The topological polar surface area (TPSA) is 41.5 Å². The highest BCUT2D eigenvalue weighted by Gasteiger charge is 2.14. The fraction of sp³-hybridized carbons (Fsp3) is 0.857. The lowest BCUT2D eigenvalue weighted by Crippen LogP contribution is -2.13. The maximum absolute atomic E-state index is 10.1. The minimum atomic E-state index is -0.133. The van der Waals surface area contributed by atoms with Gasteiger partial charge in [0.2, 0.25) is 5.91 Å². The molecule has 0 fully saturated rings. The van der Waals surface area contributed by atoms with Gasteiger partial charge in [0.05, 0.1) is 0 Å². The van der Waals surface area contributed by atoms with Crippen LogP contribution in [-0.2, 0) is 4.79 Å². The second-order valence-corrected chi connectivity index (χ2v) is 7.62. The third kappa shape index (κ3) is 27.2. The highest BCUT2D eigenvalue weighted by atomic mass is 33.1. The van der Waals surface area contributed by atoms with Crippen LogP contribution in [0.5, 0.6) is 0 Å². The highest BCUT2D eigenvalue weighted by molar-refractivity contribution is 8.77. The van der Waals surface area contributed by atoms with Crippen LogP contribution in [0.25, 0.3) is 0 Å². The Bertz CT molecular complexity index is 238. The number of nitrogens with one attached hydrogen (secondary N) is 1. The molecule has 0 unspecified atom stereocenters. The molecule has 0 rings (SSSR count). The second-order valence-electron chi connectivity index (χ2n) is 4.33. The molecule has 0 aromatic rings. The van der Waals surface area contributed by atoms with Gasteiger partial charge in [-0.3, -0.25) is 4.79 Å². The largest absolute Gasteiger partial charge is 0.274 e. The Morgan fingerprint density at radius 2 is 1.63 bits per heavy atom. The van der Waals surface area contributed by atoms with Gasteiger partial charge in [0.1, 0.15) is 0 Å². The van der Waals surface area contributed by atoms with Crippen molar-refractivity contribution in [2.75, 3.05) is 5.75 Å². The number of carbonyl (C=O) groups excluding carboxylic acids is 1. The third-order valence-electron chi connectivity index (χ3n) is 1.69. The van der Waals surface area contributed by atoms with E-state index in [0.717, 1.165) is 5.71 Å². The first-order chi connectivity index (χ1) is 7.75. The van der Waals surface area contributed by atoms with Crippen LogP contribution in [0.1, 0.15) is 69.7 Å². The van der Waals surface area contributed by atoms with Crippen molar-refractivity contribution in [2.24, 2.45) is 5.10 Å². The van der Waals surface area contributed by atoms with Crippen LogP contribution >= 0.6 is 21.6 Å². The number of hydrogen-bond donors (Lipinski definition) is 1. The van der Waals surface area contributed by atoms with E-state index in [1.807, 2.05) is 35.4 Å². The molecule has 0 aliphatic carbocycles. The number of amides is 1. The van der Waals surface area contributed by atoms with E-state index in [2.05, 4.69) is 38.2 Å². The Morgan fingerprint density at radius 3 is 1.84 bits per heavy atom. The van der Waals surface area contributed by atoms with Crippen LogP contribution in [-0.4, -0.2) is 22.1 Å². The quantitative estimate of drug-likeness (QED) is 0.422. The van der Waals surface area contributed by atoms with Gasteiger partial charge in [-0.25, -0.2) is 5.43 Å². The minimum absolute atomic E-state index is 0. The van der Waals surface area contributed by atoms with E-state index in [1.54, 1.807) is 0 Å². The smallest absolute Gasteiger partial charge is 0.236 e. The van der Waals surface area contributed by atoms with Gasteiger partial charge in [0, 0.05) is 23.1 Å². The number of rotatable bonds is 5. The van der Waals surface area contributed by atoms with Crippen LogP contribution in [0.2, 0.25) is 0 Å². The molecule has 19 heavy (non-hydrogen) atoms. The summed E-state index contributed by atoms with van der Waals surface area (Å²) in [5, 5.41) is 3.64. The highest BCUT2D eigenvalue weighted by Crippen LogP contribution is 2.37. The summed E-state index contributed by atoms with van der Waals surface area (Å²) in [5.41, 5.74) is 3.14. The van der Waals surface area contributed by atoms with Crippen molar-refractivity contribution < 1.29 is 4.79 Å². The Hall–Kier alpha value is -0.160. The molecular formula is C14H34N2OS2. The lowest BCUT2D eigenvalue weighted by Gasteiger charge is -2.19. The summed E-state index contributed by atoms with van der Waals surface area (Å²) in [5.74, 6) is 1.08.